The van der Waals surface area contributed by atoms with Gasteiger partial charge in [-0.05, 0) is 25.1 Å². The van der Waals surface area contributed by atoms with Crippen LogP contribution in [0.15, 0.2) is 60.0 Å². The molecule has 0 amide bonds. The van der Waals surface area contributed by atoms with Gasteiger partial charge in [0.1, 0.15) is 30.3 Å². The third-order valence-corrected chi connectivity index (χ3v) is 6.55. The van der Waals surface area contributed by atoms with Crippen molar-refractivity contribution < 1.29 is 41.8 Å². The average Bonchev–Trinajstić information content (AvgIpc) is 3.05. The molecule has 12 nitrogen and oxygen atoms in total. The van der Waals surface area contributed by atoms with Gasteiger partial charge in [0.25, 0.3) is 0 Å². The molecule has 2 aromatic rings. The maximum absolute atomic E-state index is 14.8. The molecule has 0 radical (unpaired) electrons. The molecule has 0 saturated carbocycles. The fourth-order valence-electron chi connectivity index (χ4n) is 3.15. The maximum Gasteiger partial charge on any atom is 0.459 e. The van der Waals surface area contributed by atoms with Crippen LogP contribution in [0.5, 0.6) is 5.75 Å². The largest absolute Gasteiger partial charge is 0.460 e. The van der Waals surface area contributed by atoms with Crippen LogP contribution in [0.2, 0.25) is 0 Å². The molecule has 3 rings (SSSR count). The zero-order valence-electron chi connectivity index (χ0n) is 19.0. The standard InChI is InChI=1S/C21H25F2N4O8P/c1-3-11-32-18(29)13(2)26-36(31,35-14-7-5-4-6-8-14)33-12-15-17(28)21(22,23)19(34-15)27-10-9-16(24)25-20(27)30/h3-10,13,15,17,19,28H,1,11-12H2,2H3,(H,26,31)(H2,24,25,30)/t13?,15-,17-,19?,36?/m1/s1. The first kappa shape index (κ1) is 27.4. The lowest BCUT2D eigenvalue weighted by Crippen LogP contribution is -2.42. The van der Waals surface area contributed by atoms with Crippen molar-refractivity contribution in [2.75, 3.05) is 18.9 Å². The number of hydrogen-bond donors (Lipinski definition) is 3. The number of rotatable bonds is 11. The molecule has 1 saturated heterocycles. The Kier molecular flexibility index (Phi) is 8.59. The summed E-state index contributed by atoms with van der Waals surface area (Å²) in [5.74, 6) is -4.87. The zero-order chi connectivity index (χ0) is 26.5. The number of ether oxygens (including phenoxy) is 2. The highest BCUT2D eigenvalue weighted by molar-refractivity contribution is 7.52. The number of hydrogen-bond acceptors (Lipinski definition) is 10. The van der Waals surface area contributed by atoms with Gasteiger partial charge in [-0.2, -0.15) is 18.9 Å². The van der Waals surface area contributed by atoms with Crippen molar-refractivity contribution in [2.45, 2.75) is 37.3 Å². The lowest BCUT2D eigenvalue weighted by molar-refractivity contribution is -0.144. The van der Waals surface area contributed by atoms with Crippen LogP contribution in [0.1, 0.15) is 13.2 Å². The summed E-state index contributed by atoms with van der Waals surface area (Å²) in [5, 5.41) is 12.6. The van der Waals surface area contributed by atoms with Gasteiger partial charge in [-0.3, -0.25) is 13.9 Å². The van der Waals surface area contributed by atoms with E-state index in [4.69, 9.17) is 24.3 Å². The van der Waals surface area contributed by atoms with Crippen LogP contribution in [0.3, 0.4) is 0 Å². The smallest absolute Gasteiger partial charge is 0.459 e. The van der Waals surface area contributed by atoms with Crippen molar-refractivity contribution in [2.24, 2.45) is 0 Å². The van der Waals surface area contributed by atoms with Crippen molar-refractivity contribution in [3.05, 3.63) is 65.7 Å². The molecule has 1 fully saturated rings. The summed E-state index contributed by atoms with van der Waals surface area (Å²) in [6, 6.07) is 7.62. The molecular formula is C21H25F2N4O8P. The number of nitrogens with two attached hydrogens (primary N) is 1. The first-order valence-electron chi connectivity index (χ1n) is 10.6. The maximum atomic E-state index is 14.8. The van der Waals surface area contributed by atoms with Gasteiger partial charge in [-0.25, -0.2) is 9.36 Å². The minimum absolute atomic E-state index is 0.0792. The molecule has 1 aromatic heterocycles. The van der Waals surface area contributed by atoms with Gasteiger partial charge in [-0.15, -0.1) is 0 Å². The van der Waals surface area contributed by atoms with E-state index in [9.17, 15) is 28.0 Å². The summed E-state index contributed by atoms with van der Waals surface area (Å²) in [6.07, 6.45) is -4.16. The number of esters is 1. The van der Waals surface area contributed by atoms with Gasteiger partial charge in [0.2, 0.25) is 6.23 Å². The fourth-order valence-corrected chi connectivity index (χ4v) is 4.65. The quantitative estimate of drug-likeness (QED) is 0.220. The molecule has 5 atom stereocenters. The van der Waals surface area contributed by atoms with Crippen molar-refractivity contribution in [1.29, 1.82) is 0 Å². The molecule has 1 aliphatic heterocycles. The molecule has 15 heteroatoms. The number of para-hydroxylation sites is 1. The van der Waals surface area contributed by atoms with E-state index < -0.39 is 56.4 Å². The Morgan fingerprint density at radius 2 is 2.11 bits per heavy atom. The number of nitrogens with zero attached hydrogens (tertiary/aromatic N) is 2. The lowest BCUT2D eigenvalue weighted by Gasteiger charge is -2.24. The highest BCUT2D eigenvalue weighted by atomic mass is 31.2. The number of nitrogen functional groups attached to an aromatic ring is 1. The van der Waals surface area contributed by atoms with E-state index in [1.165, 1.54) is 25.1 Å². The van der Waals surface area contributed by atoms with Crippen LogP contribution in [0.25, 0.3) is 0 Å². The Balaban J connectivity index is 1.78. The van der Waals surface area contributed by atoms with Crippen LogP contribution >= 0.6 is 7.75 Å². The molecule has 0 bridgehead atoms. The van der Waals surface area contributed by atoms with E-state index in [-0.39, 0.29) is 18.2 Å². The van der Waals surface area contributed by atoms with E-state index in [2.05, 4.69) is 16.7 Å². The normalized spacial score (nSPS) is 23.4. The number of aromatic nitrogens is 2. The second-order valence-corrected chi connectivity index (χ2v) is 9.35. The van der Waals surface area contributed by atoms with Crippen LogP contribution in [-0.2, 0) is 23.4 Å². The molecule has 0 aliphatic carbocycles. The van der Waals surface area contributed by atoms with Crippen molar-refractivity contribution in [3.8, 4) is 5.75 Å². The summed E-state index contributed by atoms with van der Waals surface area (Å²) in [4.78, 5) is 27.5. The highest BCUT2D eigenvalue weighted by Gasteiger charge is 2.60. The summed E-state index contributed by atoms with van der Waals surface area (Å²) in [7, 11) is -4.42. The molecule has 36 heavy (non-hydrogen) atoms. The van der Waals surface area contributed by atoms with Crippen LogP contribution in [0.4, 0.5) is 14.6 Å². The summed E-state index contributed by atoms with van der Waals surface area (Å²) < 4.78 is 64.3. The Morgan fingerprint density at radius 1 is 1.42 bits per heavy atom. The first-order chi connectivity index (χ1) is 17.0. The molecule has 3 unspecified atom stereocenters. The predicted octanol–water partition coefficient (Wildman–Crippen LogP) is 1.63. The number of carbonyl (C=O) groups excluding carboxylic acids is 1. The summed E-state index contributed by atoms with van der Waals surface area (Å²) in [5.41, 5.74) is 4.26. The van der Waals surface area contributed by atoms with Crippen molar-refractivity contribution >= 4 is 19.5 Å². The van der Waals surface area contributed by atoms with E-state index in [0.717, 1.165) is 12.3 Å². The number of carbonyl (C=O) groups is 1. The van der Waals surface area contributed by atoms with E-state index >= 15 is 0 Å². The number of nitrogens with one attached hydrogen (secondary N) is 1. The van der Waals surface area contributed by atoms with Gasteiger partial charge >= 0.3 is 25.3 Å². The Hall–Kier alpha value is -3.16. The molecule has 0 spiro atoms. The second kappa shape index (κ2) is 11.3. The van der Waals surface area contributed by atoms with Gasteiger partial charge in [0, 0.05) is 6.20 Å². The number of aliphatic hydroxyl groups is 1. The highest BCUT2D eigenvalue weighted by Crippen LogP contribution is 2.48. The Morgan fingerprint density at radius 3 is 2.75 bits per heavy atom. The van der Waals surface area contributed by atoms with E-state index in [1.54, 1.807) is 18.2 Å². The van der Waals surface area contributed by atoms with Crippen LogP contribution < -0.4 is 21.0 Å². The SMILES string of the molecule is C=CCOC(=O)C(C)NP(=O)(OC[C@H]1OC(n2ccc(N)nc2=O)C(F)(F)[C@@H]1O)Oc1ccccc1. The zero-order valence-corrected chi connectivity index (χ0v) is 19.9. The minimum atomic E-state index is -4.42. The molecule has 2 heterocycles. The predicted molar refractivity (Wildman–Crippen MR) is 122 cm³/mol. The molecule has 1 aliphatic rings. The molecule has 1 aromatic carbocycles. The molecule has 4 N–H and O–H groups in total. The molecule has 196 valence electrons. The Bertz CT molecular complexity index is 1180. The van der Waals surface area contributed by atoms with Gasteiger partial charge in [-0.1, -0.05) is 30.9 Å². The van der Waals surface area contributed by atoms with Crippen molar-refractivity contribution in [1.82, 2.24) is 14.6 Å². The number of alkyl halides is 2. The van der Waals surface area contributed by atoms with Crippen LogP contribution in [0, 0.1) is 0 Å². The van der Waals surface area contributed by atoms with Gasteiger partial charge in [0.15, 0.2) is 6.10 Å². The second-order valence-electron chi connectivity index (χ2n) is 7.66. The number of aliphatic hydroxyl groups excluding tert-OH is 1. The van der Waals surface area contributed by atoms with Gasteiger partial charge in [0.05, 0.1) is 6.61 Å². The fraction of sp³-hybridized carbons (Fsp3) is 0.381. The van der Waals surface area contributed by atoms with E-state index in [0.29, 0.717) is 4.57 Å². The van der Waals surface area contributed by atoms with Crippen LogP contribution in [-0.4, -0.2) is 58.0 Å². The van der Waals surface area contributed by atoms with E-state index in [1.807, 2.05) is 0 Å². The lowest BCUT2D eigenvalue weighted by atomic mass is 10.1. The number of benzene rings is 1. The van der Waals surface area contributed by atoms with Gasteiger partial charge < -0.3 is 24.8 Å². The Labute approximate surface area is 204 Å². The summed E-state index contributed by atoms with van der Waals surface area (Å²) in [6.45, 7) is 3.77. The third-order valence-electron chi connectivity index (χ3n) is 4.91. The topological polar surface area (TPSA) is 164 Å². The molecular weight excluding hydrogens is 505 g/mol. The minimum Gasteiger partial charge on any atom is -0.460 e. The van der Waals surface area contributed by atoms with Crippen molar-refractivity contribution in [3.63, 3.8) is 0 Å². The first-order valence-corrected chi connectivity index (χ1v) is 12.1. The number of halogens is 2. The monoisotopic (exact) mass is 530 g/mol. The number of anilines is 1. The average molecular weight is 530 g/mol. The summed E-state index contributed by atoms with van der Waals surface area (Å²) >= 11 is 0. The third kappa shape index (κ3) is 6.33.